The molecular weight excluding hydrogens is 578 g/mol. The van der Waals surface area contributed by atoms with E-state index in [1.54, 1.807) is 45.0 Å². The van der Waals surface area contributed by atoms with Crippen LogP contribution in [0.3, 0.4) is 0 Å². The van der Waals surface area contributed by atoms with E-state index in [2.05, 4.69) is 5.32 Å². The zero-order valence-corrected chi connectivity index (χ0v) is 26.6. The Morgan fingerprint density at radius 2 is 1.36 bits per heavy atom. The number of carbonyl (C=O) groups is 5. The highest BCUT2D eigenvalue weighted by atomic mass is 16.6. The molecular formula is C34H43N3O8. The largest absolute Gasteiger partial charge is 0.459 e. The molecule has 0 aliphatic carbocycles. The molecule has 0 spiro atoms. The van der Waals surface area contributed by atoms with E-state index in [0.29, 0.717) is 25.8 Å². The second-order valence-electron chi connectivity index (χ2n) is 12.8. The fraction of sp³-hybridized carbons (Fsp3) is 0.500. The number of amides is 3. The van der Waals surface area contributed by atoms with E-state index in [1.807, 2.05) is 50.2 Å². The predicted octanol–water partition coefficient (Wildman–Crippen LogP) is 3.98. The molecule has 11 nitrogen and oxygen atoms in total. The molecule has 2 aliphatic rings. The van der Waals surface area contributed by atoms with E-state index >= 15 is 0 Å². The van der Waals surface area contributed by atoms with Crippen LogP contribution in [0.1, 0.15) is 65.0 Å². The van der Waals surface area contributed by atoms with Crippen molar-refractivity contribution in [2.45, 2.75) is 96.9 Å². The fourth-order valence-corrected chi connectivity index (χ4v) is 5.42. The lowest BCUT2D eigenvalue weighted by molar-refractivity contribution is -0.148. The van der Waals surface area contributed by atoms with Crippen LogP contribution in [0.25, 0.3) is 0 Å². The van der Waals surface area contributed by atoms with Crippen LogP contribution < -0.4 is 5.32 Å². The minimum atomic E-state index is -1.17. The molecule has 2 fully saturated rings. The van der Waals surface area contributed by atoms with E-state index in [4.69, 9.17) is 14.2 Å². The SMILES string of the molecule is CC(C)C[C@H](NC(=O)OC(C)(C)C)C(=O)N1CCC[C@@H]1C(=O)N1[C@H](C(=O)OCc2ccccc2)[C@H]1C(=O)OCc1ccccc1. The molecule has 242 valence electrons. The average molecular weight is 622 g/mol. The smallest absolute Gasteiger partial charge is 0.408 e. The molecule has 0 unspecified atom stereocenters. The first-order valence-corrected chi connectivity index (χ1v) is 15.4. The minimum absolute atomic E-state index is 0.0226. The first-order chi connectivity index (χ1) is 21.4. The standard InChI is InChI=1S/C34H43N3O8/c1-22(2)19-25(35-33(42)45-34(3,4)5)29(38)36-18-12-17-26(36)30(39)37-27(31(40)43-20-23-13-8-6-9-14-23)28(37)32(41)44-21-24-15-10-7-11-16-24/h6-11,13-16,22,25-28H,12,17-21H2,1-5H3,(H,35,42)/t25-,26+,27-,28-/m0/s1. The lowest BCUT2D eigenvalue weighted by Gasteiger charge is -2.30. The van der Waals surface area contributed by atoms with Gasteiger partial charge in [0.15, 0.2) is 12.1 Å². The molecule has 2 heterocycles. The Balaban J connectivity index is 1.49. The van der Waals surface area contributed by atoms with Gasteiger partial charge < -0.3 is 29.3 Å². The van der Waals surface area contributed by atoms with Crippen LogP contribution in [0.15, 0.2) is 60.7 Å². The van der Waals surface area contributed by atoms with Gasteiger partial charge in [-0.25, -0.2) is 14.4 Å². The third kappa shape index (κ3) is 9.06. The van der Waals surface area contributed by atoms with Crippen molar-refractivity contribution in [2.24, 2.45) is 5.92 Å². The highest BCUT2D eigenvalue weighted by Crippen LogP contribution is 2.35. The highest BCUT2D eigenvalue weighted by molar-refractivity contribution is 6.03. The summed E-state index contributed by atoms with van der Waals surface area (Å²) < 4.78 is 16.4. The molecule has 3 amide bonds. The third-order valence-corrected chi connectivity index (χ3v) is 7.51. The quantitative estimate of drug-likeness (QED) is 0.227. The van der Waals surface area contributed by atoms with Crippen molar-refractivity contribution in [3.05, 3.63) is 71.8 Å². The number of nitrogens with zero attached hydrogens (tertiary/aromatic N) is 2. The second kappa shape index (κ2) is 14.6. The van der Waals surface area contributed by atoms with Gasteiger partial charge in [0.05, 0.1) is 0 Å². The maximum Gasteiger partial charge on any atom is 0.408 e. The van der Waals surface area contributed by atoms with Crippen molar-refractivity contribution in [2.75, 3.05) is 6.54 Å². The monoisotopic (exact) mass is 621 g/mol. The van der Waals surface area contributed by atoms with Gasteiger partial charge in [-0.1, -0.05) is 74.5 Å². The normalized spacial score (nSPS) is 19.9. The van der Waals surface area contributed by atoms with Crippen LogP contribution in [0.5, 0.6) is 0 Å². The number of hydrogen-bond acceptors (Lipinski definition) is 8. The minimum Gasteiger partial charge on any atom is -0.459 e. The number of esters is 2. The maximum atomic E-state index is 14.0. The van der Waals surface area contributed by atoms with Crippen molar-refractivity contribution in [3.63, 3.8) is 0 Å². The molecule has 2 aromatic rings. The van der Waals surface area contributed by atoms with E-state index < -0.39 is 59.6 Å². The average Bonchev–Trinajstić information content (AvgIpc) is 3.55. The molecule has 4 atom stereocenters. The summed E-state index contributed by atoms with van der Waals surface area (Å²) in [6.45, 7) is 9.29. The molecule has 0 bridgehead atoms. The Morgan fingerprint density at radius 3 is 1.82 bits per heavy atom. The van der Waals surface area contributed by atoms with Gasteiger partial charge in [-0.15, -0.1) is 0 Å². The first kappa shape index (κ1) is 33.5. The summed E-state index contributed by atoms with van der Waals surface area (Å²) in [7, 11) is 0. The maximum absolute atomic E-state index is 14.0. The molecule has 45 heavy (non-hydrogen) atoms. The topological polar surface area (TPSA) is 131 Å². The van der Waals surface area contributed by atoms with Gasteiger partial charge in [0, 0.05) is 6.54 Å². The molecule has 0 saturated carbocycles. The summed E-state index contributed by atoms with van der Waals surface area (Å²) in [4.78, 5) is 69.4. The summed E-state index contributed by atoms with van der Waals surface area (Å²) in [5.41, 5.74) is 0.762. The van der Waals surface area contributed by atoms with E-state index in [-0.39, 0.29) is 19.1 Å². The van der Waals surface area contributed by atoms with Crippen LogP contribution in [0.4, 0.5) is 4.79 Å². The fourth-order valence-electron chi connectivity index (χ4n) is 5.42. The van der Waals surface area contributed by atoms with E-state index in [0.717, 1.165) is 16.0 Å². The van der Waals surface area contributed by atoms with Gasteiger partial charge in [0.2, 0.25) is 11.8 Å². The van der Waals surface area contributed by atoms with Crippen molar-refractivity contribution in [1.29, 1.82) is 0 Å². The Morgan fingerprint density at radius 1 is 0.844 bits per heavy atom. The van der Waals surface area contributed by atoms with Crippen molar-refractivity contribution < 1.29 is 38.2 Å². The Labute approximate surface area is 264 Å². The van der Waals surface area contributed by atoms with Gasteiger partial charge >= 0.3 is 18.0 Å². The molecule has 2 aromatic carbocycles. The Hall–Kier alpha value is -4.41. The third-order valence-electron chi connectivity index (χ3n) is 7.51. The van der Waals surface area contributed by atoms with Crippen LogP contribution in [0, 0.1) is 5.92 Å². The van der Waals surface area contributed by atoms with Crippen LogP contribution in [-0.2, 0) is 46.6 Å². The van der Waals surface area contributed by atoms with Gasteiger partial charge in [-0.3, -0.25) is 9.59 Å². The number of likely N-dealkylation sites (tertiary alicyclic amines) is 1. The van der Waals surface area contributed by atoms with Crippen molar-refractivity contribution >= 4 is 29.8 Å². The van der Waals surface area contributed by atoms with Crippen molar-refractivity contribution in [3.8, 4) is 0 Å². The summed E-state index contributed by atoms with van der Waals surface area (Å²) >= 11 is 0. The van der Waals surface area contributed by atoms with Crippen molar-refractivity contribution in [1.82, 2.24) is 15.1 Å². The molecule has 2 saturated heterocycles. The summed E-state index contributed by atoms with van der Waals surface area (Å²) in [5.74, 6) is -2.35. The molecule has 2 aliphatic heterocycles. The van der Waals surface area contributed by atoms with Gasteiger partial charge in [-0.05, 0) is 57.1 Å². The Bertz CT molecular complexity index is 1300. The van der Waals surface area contributed by atoms with Crippen LogP contribution in [0.2, 0.25) is 0 Å². The first-order valence-electron chi connectivity index (χ1n) is 15.4. The van der Waals surface area contributed by atoms with E-state index in [1.165, 1.54) is 4.90 Å². The Kier molecular flexibility index (Phi) is 10.8. The zero-order chi connectivity index (χ0) is 32.7. The number of nitrogens with one attached hydrogen (secondary N) is 1. The molecule has 11 heteroatoms. The number of carbonyl (C=O) groups excluding carboxylic acids is 5. The predicted molar refractivity (Wildman–Crippen MR) is 164 cm³/mol. The molecule has 1 N–H and O–H groups in total. The number of benzene rings is 2. The number of ether oxygens (including phenoxy) is 3. The summed E-state index contributed by atoms with van der Waals surface area (Å²) in [6, 6.07) is 14.0. The van der Waals surface area contributed by atoms with Gasteiger partial charge in [0.1, 0.15) is 30.9 Å². The van der Waals surface area contributed by atoms with E-state index in [9.17, 15) is 24.0 Å². The molecule has 0 radical (unpaired) electrons. The molecule has 4 rings (SSSR count). The van der Waals surface area contributed by atoms with Gasteiger partial charge in [-0.2, -0.15) is 0 Å². The lowest BCUT2D eigenvalue weighted by atomic mass is 10.0. The number of rotatable bonds is 11. The number of alkyl carbamates (subject to hydrolysis) is 1. The highest BCUT2D eigenvalue weighted by Gasteiger charge is 2.63. The van der Waals surface area contributed by atoms with Gasteiger partial charge in [0.25, 0.3) is 0 Å². The summed E-state index contributed by atoms with van der Waals surface area (Å²) in [6.07, 6.45) is 0.502. The van der Waals surface area contributed by atoms with Crippen LogP contribution in [-0.4, -0.2) is 76.0 Å². The number of hydrogen-bond donors (Lipinski definition) is 1. The van der Waals surface area contributed by atoms with Crippen LogP contribution >= 0.6 is 0 Å². The summed E-state index contributed by atoms with van der Waals surface area (Å²) in [5, 5.41) is 2.68. The molecule has 0 aromatic heterocycles. The lowest BCUT2D eigenvalue weighted by Crippen LogP contribution is -2.53. The second-order valence-corrected chi connectivity index (χ2v) is 12.8. The zero-order valence-electron chi connectivity index (χ0n) is 26.6.